The Labute approximate surface area is 120 Å². The van der Waals surface area contributed by atoms with Crippen molar-refractivity contribution in [1.82, 2.24) is 5.32 Å². The number of nitrogens with one attached hydrogen (secondary N) is 1. The number of amides is 1. The Hall–Kier alpha value is -2.28. The van der Waals surface area contributed by atoms with Gasteiger partial charge in [0.05, 0.1) is 6.61 Å². The van der Waals surface area contributed by atoms with Crippen molar-refractivity contribution in [2.45, 2.75) is 26.7 Å². The molecule has 0 bridgehead atoms. The zero-order valence-corrected chi connectivity index (χ0v) is 12.0. The zero-order valence-electron chi connectivity index (χ0n) is 12.0. The molecule has 1 amide bonds. The van der Waals surface area contributed by atoms with Crippen LogP contribution in [0.1, 0.15) is 32.3 Å². The number of likely N-dealkylation sites (N-methyl/N-ethyl adjacent to an activating group) is 1. The molecule has 0 radical (unpaired) electrons. The number of unbranched alkanes of at least 4 members (excludes halogenated alkanes) is 1. The van der Waals surface area contributed by atoms with Crippen LogP contribution in [0.4, 0.5) is 0 Å². The average Bonchev–Trinajstić information content (AvgIpc) is 2.46. The van der Waals surface area contributed by atoms with Crippen molar-refractivity contribution in [1.29, 1.82) is 5.26 Å². The number of ether oxygens (including phenoxy) is 1. The molecule has 4 heteroatoms. The van der Waals surface area contributed by atoms with E-state index in [-0.39, 0.29) is 11.5 Å². The van der Waals surface area contributed by atoms with E-state index >= 15 is 0 Å². The lowest BCUT2D eigenvalue weighted by Gasteiger charge is -2.05. The molecule has 0 aliphatic rings. The SMILES string of the molecule is CCCCOc1ccc(/C=C(\C#N)C(=O)NCC)cc1. The summed E-state index contributed by atoms with van der Waals surface area (Å²) in [5.74, 6) is 0.449. The molecular weight excluding hydrogens is 252 g/mol. The van der Waals surface area contributed by atoms with Gasteiger partial charge < -0.3 is 10.1 Å². The molecule has 106 valence electrons. The fourth-order valence-electron chi connectivity index (χ4n) is 1.57. The molecule has 1 aromatic rings. The van der Waals surface area contributed by atoms with Gasteiger partial charge in [-0.25, -0.2) is 0 Å². The van der Waals surface area contributed by atoms with Gasteiger partial charge in [-0.05, 0) is 37.1 Å². The van der Waals surface area contributed by atoms with Crippen molar-refractivity contribution in [3.8, 4) is 11.8 Å². The lowest BCUT2D eigenvalue weighted by molar-refractivity contribution is -0.116. The van der Waals surface area contributed by atoms with Crippen molar-refractivity contribution in [2.75, 3.05) is 13.2 Å². The summed E-state index contributed by atoms with van der Waals surface area (Å²) in [6, 6.07) is 9.25. The van der Waals surface area contributed by atoms with Gasteiger partial charge in [0.25, 0.3) is 5.91 Å². The number of nitriles is 1. The topological polar surface area (TPSA) is 62.1 Å². The van der Waals surface area contributed by atoms with Crippen LogP contribution in [0.2, 0.25) is 0 Å². The van der Waals surface area contributed by atoms with E-state index in [1.165, 1.54) is 0 Å². The van der Waals surface area contributed by atoms with E-state index in [0.717, 1.165) is 24.2 Å². The predicted molar refractivity (Wildman–Crippen MR) is 79.1 cm³/mol. The normalized spacial score (nSPS) is 10.8. The second-order valence-corrected chi connectivity index (χ2v) is 4.30. The number of benzene rings is 1. The Balaban J connectivity index is 2.72. The highest BCUT2D eigenvalue weighted by Gasteiger charge is 2.07. The standard InChI is InChI=1S/C16H20N2O2/c1-3-5-10-20-15-8-6-13(7-9-15)11-14(12-17)16(19)18-4-2/h6-9,11H,3-5,10H2,1-2H3,(H,18,19)/b14-11+. The highest BCUT2D eigenvalue weighted by Crippen LogP contribution is 2.15. The number of nitrogens with zero attached hydrogens (tertiary/aromatic N) is 1. The van der Waals surface area contributed by atoms with Gasteiger partial charge >= 0.3 is 0 Å². The van der Waals surface area contributed by atoms with Gasteiger partial charge in [-0.3, -0.25) is 4.79 Å². The fraction of sp³-hybridized carbons (Fsp3) is 0.375. The van der Waals surface area contributed by atoms with Gasteiger partial charge in [0.1, 0.15) is 17.4 Å². The number of carbonyl (C=O) groups is 1. The molecule has 1 aromatic carbocycles. The molecule has 0 aliphatic heterocycles. The highest BCUT2D eigenvalue weighted by molar-refractivity contribution is 6.01. The maximum absolute atomic E-state index is 11.6. The van der Waals surface area contributed by atoms with E-state index in [1.807, 2.05) is 37.3 Å². The smallest absolute Gasteiger partial charge is 0.261 e. The van der Waals surface area contributed by atoms with Gasteiger partial charge in [0, 0.05) is 6.54 Å². The van der Waals surface area contributed by atoms with E-state index in [2.05, 4.69) is 12.2 Å². The van der Waals surface area contributed by atoms with E-state index in [1.54, 1.807) is 6.08 Å². The first-order valence-corrected chi connectivity index (χ1v) is 6.84. The third kappa shape index (κ3) is 5.15. The van der Waals surface area contributed by atoms with Crippen LogP contribution >= 0.6 is 0 Å². The van der Waals surface area contributed by atoms with Crippen LogP contribution in [0.15, 0.2) is 29.8 Å². The van der Waals surface area contributed by atoms with Crippen LogP contribution < -0.4 is 10.1 Å². The predicted octanol–water partition coefficient (Wildman–Crippen LogP) is 2.91. The maximum atomic E-state index is 11.6. The molecule has 0 aliphatic carbocycles. The number of hydrogen-bond donors (Lipinski definition) is 1. The van der Waals surface area contributed by atoms with Crippen LogP contribution in [0.5, 0.6) is 5.75 Å². The Morgan fingerprint density at radius 3 is 2.60 bits per heavy atom. The summed E-state index contributed by atoms with van der Waals surface area (Å²) in [7, 11) is 0. The fourth-order valence-corrected chi connectivity index (χ4v) is 1.57. The van der Waals surface area contributed by atoms with E-state index in [0.29, 0.717) is 13.2 Å². The van der Waals surface area contributed by atoms with Gasteiger partial charge in [-0.1, -0.05) is 25.5 Å². The Morgan fingerprint density at radius 1 is 1.35 bits per heavy atom. The minimum absolute atomic E-state index is 0.103. The minimum Gasteiger partial charge on any atom is -0.494 e. The van der Waals surface area contributed by atoms with Crippen molar-refractivity contribution in [2.24, 2.45) is 0 Å². The molecular formula is C16H20N2O2. The summed E-state index contributed by atoms with van der Waals surface area (Å²) in [4.78, 5) is 11.6. The third-order valence-electron chi connectivity index (χ3n) is 2.66. The van der Waals surface area contributed by atoms with E-state index in [4.69, 9.17) is 10.00 Å². The van der Waals surface area contributed by atoms with Crippen LogP contribution in [0.3, 0.4) is 0 Å². The molecule has 0 atom stereocenters. The summed E-state index contributed by atoms with van der Waals surface area (Å²) in [6.45, 7) is 5.13. The highest BCUT2D eigenvalue weighted by atomic mass is 16.5. The van der Waals surface area contributed by atoms with E-state index in [9.17, 15) is 4.79 Å². The number of hydrogen-bond acceptors (Lipinski definition) is 3. The van der Waals surface area contributed by atoms with Gasteiger partial charge in [-0.2, -0.15) is 5.26 Å². The molecule has 0 saturated carbocycles. The van der Waals surface area contributed by atoms with Crippen molar-refractivity contribution < 1.29 is 9.53 Å². The monoisotopic (exact) mass is 272 g/mol. The molecule has 0 saturated heterocycles. The summed E-state index contributed by atoms with van der Waals surface area (Å²) in [5.41, 5.74) is 0.905. The number of carbonyl (C=O) groups excluding carboxylic acids is 1. The van der Waals surface area contributed by atoms with Gasteiger partial charge in [0.2, 0.25) is 0 Å². The molecule has 4 nitrogen and oxygen atoms in total. The molecule has 0 aromatic heterocycles. The Bertz CT molecular complexity index is 498. The first-order chi connectivity index (χ1) is 9.71. The summed E-state index contributed by atoms with van der Waals surface area (Å²) in [6.07, 6.45) is 3.69. The van der Waals surface area contributed by atoms with Crippen LogP contribution in [-0.2, 0) is 4.79 Å². The molecule has 0 heterocycles. The van der Waals surface area contributed by atoms with Crippen LogP contribution in [0, 0.1) is 11.3 Å². The summed E-state index contributed by atoms with van der Waals surface area (Å²) < 4.78 is 5.55. The van der Waals surface area contributed by atoms with E-state index < -0.39 is 0 Å². The third-order valence-corrected chi connectivity index (χ3v) is 2.66. The zero-order chi connectivity index (χ0) is 14.8. The first kappa shape index (κ1) is 15.8. The molecule has 1 N–H and O–H groups in total. The van der Waals surface area contributed by atoms with Crippen LogP contribution in [0.25, 0.3) is 6.08 Å². The van der Waals surface area contributed by atoms with Crippen LogP contribution in [-0.4, -0.2) is 19.1 Å². The second kappa shape index (κ2) is 8.76. The Morgan fingerprint density at radius 2 is 2.05 bits per heavy atom. The molecule has 0 fully saturated rings. The largest absolute Gasteiger partial charge is 0.494 e. The molecule has 20 heavy (non-hydrogen) atoms. The second-order valence-electron chi connectivity index (χ2n) is 4.30. The van der Waals surface area contributed by atoms with Crippen molar-refractivity contribution >= 4 is 12.0 Å². The quantitative estimate of drug-likeness (QED) is 0.471. The Kier molecular flexibility index (Phi) is 6.91. The summed E-state index contributed by atoms with van der Waals surface area (Å²) >= 11 is 0. The lowest BCUT2D eigenvalue weighted by atomic mass is 10.1. The van der Waals surface area contributed by atoms with Crippen molar-refractivity contribution in [3.63, 3.8) is 0 Å². The van der Waals surface area contributed by atoms with Crippen molar-refractivity contribution in [3.05, 3.63) is 35.4 Å². The minimum atomic E-state index is -0.349. The average molecular weight is 272 g/mol. The molecule has 1 rings (SSSR count). The van der Waals surface area contributed by atoms with Gasteiger partial charge in [-0.15, -0.1) is 0 Å². The number of rotatable bonds is 7. The lowest BCUT2D eigenvalue weighted by Crippen LogP contribution is -2.23. The van der Waals surface area contributed by atoms with Gasteiger partial charge in [0.15, 0.2) is 0 Å². The molecule has 0 unspecified atom stereocenters. The molecule has 0 spiro atoms. The maximum Gasteiger partial charge on any atom is 0.261 e. The summed E-state index contributed by atoms with van der Waals surface area (Å²) in [5, 5.41) is 11.6. The first-order valence-electron chi connectivity index (χ1n) is 6.84.